The first-order valence-corrected chi connectivity index (χ1v) is 18.5. The van der Waals surface area contributed by atoms with Gasteiger partial charge >= 0.3 is 0 Å². The van der Waals surface area contributed by atoms with Crippen molar-refractivity contribution >= 4 is 55.1 Å². The second kappa shape index (κ2) is 16.0. The highest BCUT2D eigenvalue weighted by molar-refractivity contribution is 9.10. The summed E-state index contributed by atoms with van der Waals surface area (Å²) >= 11 is 10.0. The van der Waals surface area contributed by atoms with Gasteiger partial charge < -0.3 is 10.2 Å². The summed E-state index contributed by atoms with van der Waals surface area (Å²) in [6, 6.07) is 29.3. The fraction of sp³-hybridized carbons (Fsp3) is 0.297. The number of rotatable bonds is 12. The average molecular weight is 737 g/mol. The van der Waals surface area contributed by atoms with Gasteiger partial charge in [-0.1, -0.05) is 114 Å². The van der Waals surface area contributed by atoms with Gasteiger partial charge in [-0.3, -0.25) is 13.9 Å². The van der Waals surface area contributed by atoms with Crippen LogP contribution in [0.3, 0.4) is 0 Å². The predicted molar refractivity (Wildman–Crippen MR) is 191 cm³/mol. The lowest BCUT2D eigenvalue weighted by Crippen LogP contribution is -2.55. The zero-order valence-electron chi connectivity index (χ0n) is 26.3. The van der Waals surface area contributed by atoms with Crippen molar-refractivity contribution in [2.45, 2.75) is 69.0 Å². The summed E-state index contributed by atoms with van der Waals surface area (Å²) in [5.74, 6) is -0.760. The topological polar surface area (TPSA) is 86.8 Å². The van der Waals surface area contributed by atoms with Gasteiger partial charge in [-0.2, -0.15) is 0 Å². The Bertz CT molecular complexity index is 1780. The molecule has 1 aliphatic rings. The molecule has 0 aromatic heterocycles. The van der Waals surface area contributed by atoms with Crippen LogP contribution in [0.15, 0.2) is 112 Å². The highest BCUT2D eigenvalue weighted by Crippen LogP contribution is 2.31. The number of nitrogens with zero attached hydrogens (tertiary/aromatic N) is 2. The number of anilines is 1. The van der Waals surface area contributed by atoms with Crippen LogP contribution < -0.4 is 9.62 Å². The molecule has 1 unspecified atom stereocenters. The largest absolute Gasteiger partial charge is 0.352 e. The highest BCUT2D eigenvalue weighted by Gasteiger charge is 2.36. The van der Waals surface area contributed by atoms with E-state index in [2.05, 4.69) is 21.2 Å². The molecule has 4 aromatic carbocycles. The molecule has 1 N–H and O–H groups in total. The van der Waals surface area contributed by atoms with Crippen LogP contribution in [0.5, 0.6) is 0 Å². The maximum absolute atomic E-state index is 14.7. The Morgan fingerprint density at radius 2 is 1.51 bits per heavy atom. The first-order valence-electron chi connectivity index (χ1n) is 15.8. The Balaban J connectivity index is 1.58. The molecule has 1 aliphatic carbocycles. The van der Waals surface area contributed by atoms with E-state index in [1.54, 1.807) is 43.3 Å². The van der Waals surface area contributed by atoms with Crippen molar-refractivity contribution in [3.63, 3.8) is 0 Å². The minimum Gasteiger partial charge on any atom is -0.352 e. The number of carbonyl (C=O) groups is 2. The smallest absolute Gasteiger partial charge is 0.264 e. The van der Waals surface area contributed by atoms with Gasteiger partial charge in [0.2, 0.25) is 11.8 Å². The molecule has 246 valence electrons. The molecule has 0 bridgehead atoms. The van der Waals surface area contributed by atoms with Gasteiger partial charge in [0.1, 0.15) is 12.6 Å². The molecule has 7 nitrogen and oxygen atoms in total. The van der Waals surface area contributed by atoms with E-state index in [0.29, 0.717) is 16.3 Å². The second-order valence-electron chi connectivity index (χ2n) is 11.9. The maximum atomic E-state index is 14.7. The van der Waals surface area contributed by atoms with Gasteiger partial charge in [-0.15, -0.1) is 0 Å². The van der Waals surface area contributed by atoms with Crippen molar-refractivity contribution in [3.8, 4) is 0 Å². The molecule has 1 atom stereocenters. The van der Waals surface area contributed by atoms with E-state index in [0.717, 1.165) is 52.0 Å². The van der Waals surface area contributed by atoms with Crippen LogP contribution in [-0.2, 0) is 32.6 Å². The molecular weight excluding hydrogens is 698 g/mol. The summed E-state index contributed by atoms with van der Waals surface area (Å²) in [7, 11) is -4.21. The molecule has 0 heterocycles. The number of amides is 2. The Morgan fingerprint density at radius 1 is 0.872 bits per heavy atom. The first kappa shape index (κ1) is 34.7. The van der Waals surface area contributed by atoms with Crippen molar-refractivity contribution in [3.05, 3.63) is 129 Å². The quantitative estimate of drug-likeness (QED) is 0.162. The lowest BCUT2D eigenvalue weighted by atomic mass is 9.94. The fourth-order valence-corrected chi connectivity index (χ4v) is 8.14. The minimum absolute atomic E-state index is 0.0291. The predicted octanol–water partition coefficient (Wildman–Crippen LogP) is 7.70. The van der Waals surface area contributed by atoms with Crippen molar-refractivity contribution < 1.29 is 18.0 Å². The van der Waals surface area contributed by atoms with Crippen molar-refractivity contribution in [2.75, 3.05) is 10.8 Å². The van der Waals surface area contributed by atoms with Crippen LogP contribution in [0.4, 0.5) is 5.69 Å². The van der Waals surface area contributed by atoms with E-state index in [1.807, 2.05) is 54.6 Å². The number of hydrogen-bond acceptors (Lipinski definition) is 4. The molecule has 10 heteroatoms. The molecule has 0 saturated heterocycles. The molecule has 0 aliphatic heterocycles. The van der Waals surface area contributed by atoms with Gasteiger partial charge in [0, 0.05) is 28.5 Å². The van der Waals surface area contributed by atoms with E-state index in [1.165, 1.54) is 17.0 Å². The standard InChI is InChI=1S/C37H39BrClN3O4S/c1-27-33(39)21-12-22-34(27)42(47(45,46)32-19-9-4-10-20-32)26-36(43)41(25-29-15-11-16-30(38)23-29)35(24-28-13-5-2-6-14-28)37(44)40-31-17-7-3-8-18-31/h2,4-6,9-16,19-23,31,35H,3,7-8,17-18,24-26H2,1H3,(H,40,44). The van der Waals surface area contributed by atoms with Gasteiger partial charge in [0.25, 0.3) is 10.0 Å². The molecule has 2 amide bonds. The number of benzene rings is 4. The highest BCUT2D eigenvalue weighted by atomic mass is 79.9. The monoisotopic (exact) mass is 735 g/mol. The lowest BCUT2D eigenvalue weighted by molar-refractivity contribution is -0.140. The molecule has 4 aromatic rings. The van der Waals surface area contributed by atoms with E-state index in [-0.39, 0.29) is 29.8 Å². The van der Waals surface area contributed by atoms with Crippen molar-refractivity contribution in [2.24, 2.45) is 0 Å². The molecular formula is C37H39BrClN3O4S. The number of nitrogens with one attached hydrogen (secondary N) is 1. The summed E-state index contributed by atoms with van der Waals surface area (Å²) in [4.78, 5) is 30.5. The van der Waals surface area contributed by atoms with Gasteiger partial charge in [-0.05, 0) is 72.9 Å². The Hall–Kier alpha value is -3.66. The van der Waals surface area contributed by atoms with E-state index < -0.39 is 28.5 Å². The van der Waals surface area contributed by atoms with Gasteiger partial charge in [-0.25, -0.2) is 8.42 Å². The molecule has 0 spiro atoms. The molecule has 1 fully saturated rings. The lowest BCUT2D eigenvalue weighted by Gasteiger charge is -2.35. The zero-order chi connectivity index (χ0) is 33.4. The van der Waals surface area contributed by atoms with Crippen LogP contribution in [0.25, 0.3) is 0 Å². The summed E-state index contributed by atoms with van der Waals surface area (Å²) in [5.41, 5.74) is 2.51. The maximum Gasteiger partial charge on any atom is 0.264 e. The Morgan fingerprint density at radius 3 is 2.19 bits per heavy atom. The first-order chi connectivity index (χ1) is 22.6. The van der Waals surface area contributed by atoms with E-state index in [4.69, 9.17) is 11.6 Å². The third-order valence-electron chi connectivity index (χ3n) is 8.58. The van der Waals surface area contributed by atoms with Crippen molar-refractivity contribution in [1.82, 2.24) is 10.2 Å². The van der Waals surface area contributed by atoms with E-state index in [9.17, 15) is 18.0 Å². The Kier molecular flexibility index (Phi) is 11.8. The van der Waals surface area contributed by atoms with Gasteiger partial charge in [0.05, 0.1) is 10.6 Å². The number of halogens is 2. The third-order valence-corrected chi connectivity index (χ3v) is 11.3. The summed E-state index contributed by atoms with van der Waals surface area (Å²) in [6.45, 7) is 1.29. The summed E-state index contributed by atoms with van der Waals surface area (Å²) < 4.78 is 30.4. The number of hydrogen-bond donors (Lipinski definition) is 1. The molecule has 0 radical (unpaired) electrons. The molecule has 1 saturated carbocycles. The number of sulfonamides is 1. The Labute approximate surface area is 291 Å². The van der Waals surface area contributed by atoms with Crippen LogP contribution in [0, 0.1) is 6.92 Å². The molecule has 47 heavy (non-hydrogen) atoms. The third kappa shape index (κ3) is 8.83. The summed E-state index contributed by atoms with van der Waals surface area (Å²) in [5, 5.41) is 3.62. The SMILES string of the molecule is Cc1c(Cl)cccc1N(CC(=O)N(Cc1cccc(Br)c1)C(Cc1ccccc1)C(=O)NC1CCCCC1)S(=O)(=O)c1ccccc1. The fourth-order valence-electron chi connectivity index (χ4n) is 6.03. The van der Waals surface area contributed by atoms with Crippen LogP contribution >= 0.6 is 27.5 Å². The second-order valence-corrected chi connectivity index (χ2v) is 15.1. The minimum atomic E-state index is -4.21. The van der Waals surface area contributed by atoms with Crippen LogP contribution in [0.2, 0.25) is 5.02 Å². The van der Waals surface area contributed by atoms with Crippen LogP contribution in [0.1, 0.15) is 48.8 Å². The van der Waals surface area contributed by atoms with Crippen molar-refractivity contribution in [1.29, 1.82) is 0 Å². The summed E-state index contributed by atoms with van der Waals surface area (Å²) in [6.07, 6.45) is 5.27. The zero-order valence-corrected chi connectivity index (χ0v) is 29.5. The van der Waals surface area contributed by atoms with Crippen LogP contribution in [-0.4, -0.2) is 43.8 Å². The van der Waals surface area contributed by atoms with E-state index >= 15 is 0 Å². The molecule has 5 rings (SSSR count). The number of carbonyl (C=O) groups excluding carboxylic acids is 2. The van der Waals surface area contributed by atoms with Gasteiger partial charge in [0.15, 0.2) is 0 Å². The average Bonchev–Trinajstić information content (AvgIpc) is 3.08. The normalized spacial score (nSPS) is 14.3.